The average Bonchev–Trinajstić information content (AvgIpc) is 2.59. The summed E-state index contributed by atoms with van der Waals surface area (Å²) in [6.45, 7) is 9.66. The SMILES string of the molecule is CCCCS(=O)(=O)ON=C(C)c1ccc(C(OO)C(C)(C)CC)cc1. The maximum absolute atomic E-state index is 11.7. The number of nitrogens with zero attached hydrogens (tertiary/aromatic N) is 1. The van der Waals surface area contributed by atoms with Gasteiger partial charge in [-0.1, -0.05) is 63.5 Å². The molecule has 0 radical (unpaired) electrons. The summed E-state index contributed by atoms with van der Waals surface area (Å²) in [6, 6.07) is 7.26. The Morgan fingerprint density at radius 3 is 2.32 bits per heavy atom. The molecule has 6 nitrogen and oxygen atoms in total. The largest absolute Gasteiger partial charge is 0.328 e. The van der Waals surface area contributed by atoms with Crippen LogP contribution in [0.5, 0.6) is 0 Å². The van der Waals surface area contributed by atoms with E-state index >= 15 is 0 Å². The Labute approximate surface area is 150 Å². The zero-order valence-corrected chi connectivity index (χ0v) is 16.5. The molecule has 1 unspecified atom stereocenters. The molecule has 0 aromatic heterocycles. The van der Waals surface area contributed by atoms with Crippen LogP contribution >= 0.6 is 0 Å². The molecule has 0 heterocycles. The Bertz CT molecular complexity index is 665. The summed E-state index contributed by atoms with van der Waals surface area (Å²) >= 11 is 0. The van der Waals surface area contributed by atoms with Crippen LogP contribution in [-0.4, -0.2) is 25.1 Å². The van der Waals surface area contributed by atoms with Gasteiger partial charge in [-0.2, -0.15) is 8.42 Å². The van der Waals surface area contributed by atoms with Gasteiger partial charge in [0.1, 0.15) is 6.10 Å². The second kappa shape index (κ2) is 9.31. The fourth-order valence-corrected chi connectivity index (χ4v) is 3.21. The monoisotopic (exact) mass is 371 g/mol. The lowest BCUT2D eigenvalue weighted by Crippen LogP contribution is -2.23. The van der Waals surface area contributed by atoms with Crippen LogP contribution in [0.4, 0.5) is 0 Å². The Morgan fingerprint density at radius 2 is 1.84 bits per heavy atom. The zero-order chi connectivity index (χ0) is 19.1. The first-order valence-corrected chi connectivity index (χ1v) is 10.1. The molecule has 0 fully saturated rings. The van der Waals surface area contributed by atoms with Gasteiger partial charge < -0.3 is 0 Å². The number of rotatable bonds is 10. The molecule has 1 rings (SSSR count). The molecule has 0 aliphatic rings. The quantitative estimate of drug-likeness (QED) is 0.371. The lowest BCUT2D eigenvalue weighted by Gasteiger charge is -2.31. The van der Waals surface area contributed by atoms with Crippen molar-refractivity contribution in [2.45, 2.75) is 60.0 Å². The van der Waals surface area contributed by atoms with E-state index in [1.807, 2.05) is 39.8 Å². The molecule has 142 valence electrons. The third-order valence-corrected chi connectivity index (χ3v) is 5.48. The van der Waals surface area contributed by atoms with Crippen LogP contribution in [-0.2, 0) is 19.3 Å². The molecule has 1 aromatic carbocycles. The topological polar surface area (TPSA) is 85.2 Å². The molecule has 0 amide bonds. The Balaban J connectivity index is 2.89. The van der Waals surface area contributed by atoms with Gasteiger partial charge in [-0.25, -0.2) is 4.89 Å². The van der Waals surface area contributed by atoms with Crippen LogP contribution < -0.4 is 0 Å². The van der Waals surface area contributed by atoms with Crippen LogP contribution in [0.2, 0.25) is 0 Å². The summed E-state index contributed by atoms with van der Waals surface area (Å²) in [5.41, 5.74) is 1.81. The van der Waals surface area contributed by atoms with E-state index in [2.05, 4.69) is 10.0 Å². The third kappa shape index (κ3) is 6.41. The van der Waals surface area contributed by atoms with Crippen molar-refractivity contribution in [3.63, 3.8) is 0 Å². The molecule has 25 heavy (non-hydrogen) atoms. The summed E-state index contributed by atoms with van der Waals surface area (Å²) in [7, 11) is -3.64. The lowest BCUT2D eigenvalue weighted by molar-refractivity contribution is -0.305. The summed E-state index contributed by atoms with van der Waals surface area (Å²) in [6.07, 6.45) is 1.70. The molecule has 0 bridgehead atoms. The van der Waals surface area contributed by atoms with Crippen molar-refractivity contribution < 1.29 is 22.8 Å². The fourth-order valence-electron chi connectivity index (χ4n) is 2.26. The number of hydrogen-bond donors (Lipinski definition) is 1. The third-order valence-electron chi connectivity index (χ3n) is 4.39. The number of oxime groups is 1. The molecule has 0 spiro atoms. The van der Waals surface area contributed by atoms with Crippen molar-refractivity contribution in [3.05, 3.63) is 35.4 Å². The zero-order valence-electron chi connectivity index (χ0n) is 15.7. The summed E-state index contributed by atoms with van der Waals surface area (Å²) in [4.78, 5) is 4.69. The van der Waals surface area contributed by atoms with Crippen molar-refractivity contribution >= 4 is 15.8 Å². The van der Waals surface area contributed by atoms with Crippen molar-refractivity contribution in [1.29, 1.82) is 0 Å². The predicted molar refractivity (Wildman–Crippen MR) is 99.0 cm³/mol. The van der Waals surface area contributed by atoms with Crippen LogP contribution in [0.1, 0.15) is 71.1 Å². The Morgan fingerprint density at radius 1 is 1.24 bits per heavy atom. The minimum atomic E-state index is -3.64. The highest BCUT2D eigenvalue weighted by atomic mass is 32.2. The predicted octanol–water partition coefficient (Wildman–Crippen LogP) is 4.52. The Kier molecular flexibility index (Phi) is 8.05. The van der Waals surface area contributed by atoms with Crippen LogP contribution in [0, 0.1) is 5.41 Å². The van der Waals surface area contributed by atoms with Gasteiger partial charge in [0.2, 0.25) is 0 Å². The molecule has 1 aromatic rings. The summed E-state index contributed by atoms with van der Waals surface area (Å²) in [5.74, 6) is -0.0408. The molecule has 1 atom stereocenters. The standard InChI is InChI=1S/C18H29NO5S/c1-6-8-13-25(21,22)24-19-14(3)15-9-11-16(12-10-15)17(23-20)18(4,5)7-2/h9-12,17,20H,6-8,13H2,1-5H3. The van der Waals surface area contributed by atoms with Gasteiger partial charge in [0, 0.05) is 0 Å². The van der Waals surface area contributed by atoms with E-state index < -0.39 is 16.2 Å². The molecule has 0 aliphatic carbocycles. The highest BCUT2D eigenvalue weighted by Gasteiger charge is 2.30. The maximum atomic E-state index is 11.7. The second-order valence-corrected chi connectivity index (χ2v) is 8.49. The minimum Gasteiger partial charge on any atom is -0.268 e. The molecule has 1 N–H and O–H groups in total. The first-order chi connectivity index (χ1) is 11.7. The lowest BCUT2D eigenvalue weighted by atomic mass is 9.80. The molecule has 0 saturated heterocycles. The smallest absolute Gasteiger partial charge is 0.268 e. The van der Waals surface area contributed by atoms with E-state index in [0.29, 0.717) is 12.1 Å². The number of benzene rings is 1. The van der Waals surface area contributed by atoms with Crippen LogP contribution in [0.25, 0.3) is 0 Å². The van der Waals surface area contributed by atoms with Gasteiger partial charge in [0.15, 0.2) is 0 Å². The van der Waals surface area contributed by atoms with Crippen molar-refractivity contribution in [2.24, 2.45) is 10.6 Å². The van der Waals surface area contributed by atoms with E-state index in [0.717, 1.165) is 24.0 Å². The van der Waals surface area contributed by atoms with E-state index in [4.69, 9.17) is 4.28 Å². The highest BCUT2D eigenvalue weighted by molar-refractivity contribution is 7.86. The molecular weight excluding hydrogens is 342 g/mol. The van der Waals surface area contributed by atoms with Crippen molar-refractivity contribution in [2.75, 3.05) is 5.75 Å². The van der Waals surface area contributed by atoms with Crippen LogP contribution in [0.3, 0.4) is 0 Å². The molecule has 0 saturated carbocycles. The molecular formula is C18H29NO5S. The normalized spacial score (nSPS) is 14.4. The van der Waals surface area contributed by atoms with Gasteiger partial charge in [-0.15, -0.1) is 0 Å². The van der Waals surface area contributed by atoms with Gasteiger partial charge in [-0.3, -0.25) is 9.54 Å². The highest BCUT2D eigenvalue weighted by Crippen LogP contribution is 2.38. The maximum Gasteiger partial charge on any atom is 0.328 e. The second-order valence-electron chi connectivity index (χ2n) is 6.82. The van der Waals surface area contributed by atoms with Gasteiger partial charge in [-0.05, 0) is 36.3 Å². The van der Waals surface area contributed by atoms with Gasteiger partial charge in [0.25, 0.3) is 0 Å². The molecule has 7 heteroatoms. The van der Waals surface area contributed by atoms with Crippen molar-refractivity contribution in [3.8, 4) is 0 Å². The van der Waals surface area contributed by atoms with Gasteiger partial charge >= 0.3 is 10.1 Å². The van der Waals surface area contributed by atoms with E-state index in [1.165, 1.54) is 0 Å². The number of unbranched alkanes of at least 4 members (excludes halogenated alkanes) is 1. The van der Waals surface area contributed by atoms with E-state index in [9.17, 15) is 13.7 Å². The average molecular weight is 371 g/mol. The summed E-state index contributed by atoms with van der Waals surface area (Å²) < 4.78 is 28.1. The first-order valence-electron chi connectivity index (χ1n) is 8.53. The van der Waals surface area contributed by atoms with E-state index in [-0.39, 0.29) is 11.2 Å². The Hall–Kier alpha value is -1.44. The minimum absolute atomic E-state index is 0.0408. The summed E-state index contributed by atoms with van der Waals surface area (Å²) in [5, 5.41) is 13.0. The fraction of sp³-hybridized carbons (Fsp3) is 0.611. The van der Waals surface area contributed by atoms with Gasteiger partial charge in [0.05, 0.1) is 11.5 Å². The van der Waals surface area contributed by atoms with Crippen molar-refractivity contribution in [1.82, 2.24) is 0 Å². The number of hydrogen-bond acceptors (Lipinski definition) is 6. The first kappa shape index (κ1) is 21.6. The van der Waals surface area contributed by atoms with Crippen LogP contribution in [0.15, 0.2) is 29.4 Å². The van der Waals surface area contributed by atoms with E-state index in [1.54, 1.807) is 19.1 Å². The molecule has 0 aliphatic heterocycles.